The number of hydrogen-bond donors (Lipinski definition) is 1. The van der Waals surface area contributed by atoms with Crippen molar-refractivity contribution >= 4 is 9.84 Å². The monoisotopic (exact) mass is 344 g/mol. The molecular formula is C16H15F3O3S. The molecule has 0 aliphatic rings. The molecule has 0 heterocycles. The van der Waals surface area contributed by atoms with Gasteiger partial charge in [0.25, 0.3) is 0 Å². The van der Waals surface area contributed by atoms with Crippen LogP contribution < -0.4 is 0 Å². The molecule has 0 spiro atoms. The Bertz CT molecular complexity index is 840. The van der Waals surface area contributed by atoms with Crippen LogP contribution in [0.4, 0.5) is 13.2 Å². The molecule has 0 radical (unpaired) electrons. The molecule has 1 N–H and O–H groups in total. The third kappa shape index (κ3) is 3.50. The predicted molar refractivity (Wildman–Crippen MR) is 81.0 cm³/mol. The number of hydrogen-bond acceptors (Lipinski definition) is 3. The number of phenolic OH excluding ortho intramolecular Hbond substituents is 1. The van der Waals surface area contributed by atoms with Gasteiger partial charge in [-0.1, -0.05) is 13.0 Å². The number of aromatic hydroxyl groups is 1. The van der Waals surface area contributed by atoms with Crippen molar-refractivity contribution in [1.29, 1.82) is 0 Å². The molecule has 3 nitrogen and oxygen atoms in total. The molecule has 0 aliphatic carbocycles. The van der Waals surface area contributed by atoms with Gasteiger partial charge in [-0.15, -0.1) is 0 Å². The first-order chi connectivity index (χ1) is 10.6. The number of phenols is 1. The maximum atomic E-state index is 12.8. The van der Waals surface area contributed by atoms with Gasteiger partial charge in [-0.05, 0) is 48.4 Å². The molecular weight excluding hydrogens is 329 g/mol. The summed E-state index contributed by atoms with van der Waals surface area (Å²) in [5.74, 6) is -0.368. The highest BCUT2D eigenvalue weighted by Gasteiger charge is 2.31. The molecule has 0 saturated heterocycles. The number of rotatable bonds is 3. The number of halogens is 3. The molecule has 0 amide bonds. The number of sulfone groups is 1. The maximum Gasteiger partial charge on any atom is 0.416 e. The zero-order valence-electron chi connectivity index (χ0n) is 12.5. The minimum absolute atomic E-state index is 0.0118. The largest absolute Gasteiger partial charge is 0.507 e. The first-order valence-corrected chi connectivity index (χ1v) is 8.45. The predicted octanol–water partition coefficient (Wildman–Crippen LogP) is 4.18. The minimum Gasteiger partial charge on any atom is -0.507 e. The zero-order valence-corrected chi connectivity index (χ0v) is 13.3. The van der Waals surface area contributed by atoms with Crippen LogP contribution in [-0.4, -0.2) is 19.3 Å². The van der Waals surface area contributed by atoms with Crippen LogP contribution in [0.15, 0.2) is 41.3 Å². The second kappa shape index (κ2) is 5.88. The third-order valence-electron chi connectivity index (χ3n) is 3.55. The first kappa shape index (κ1) is 17.3. The van der Waals surface area contributed by atoms with Crippen LogP contribution in [-0.2, 0) is 16.0 Å². The SMILES string of the molecule is CCS(=O)(=O)c1ccc(-c2cc(C(F)(F)F)ccc2O)c(C)c1. The Morgan fingerprint density at radius 3 is 2.22 bits per heavy atom. The fraction of sp³-hybridized carbons (Fsp3) is 0.250. The summed E-state index contributed by atoms with van der Waals surface area (Å²) in [6.07, 6.45) is -4.53. The smallest absolute Gasteiger partial charge is 0.416 e. The van der Waals surface area contributed by atoms with Crippen molar-refractivity contribution in [3.8, 4) is 16.9 Å². The van der Waals surface area contributed by atoms with E-state index in [9.17, 15) is 26.7 Å². The van der Waals surface area contributed by atoms with Gasteiger partial charge in [-0.3, -0.25) is 0 Å². The topological polar surface area (TPSA) is 54.4 Å². The van der Waals surface area contributed by atoms with Crippen LogP contribution in [0.25, 0.3) is 11.1 Å². The lowest BCUT2D eigenvalue weighted by Crippen LogP contribution is -2.05. The van der Waals surface area contributed by atoms with Gasteiger partial charge < -0.3 is 5.11 Å². The molecule has 0 aromatic heterocycles. The molecule has 23 heavy (non-hydrogen) atoms. The average molecular weight is 344 g/mol. The van der Waals surface area contributed by atoms with E-state index in [0.29, 0.717) is 11.1 Å². The molecule has 0 saturated carbocycles. The summed E-state index contributed by atoms with van der Waals surface area (Å²) < 4.78 is 62.2. The van der Waals surface area contributed by atoms with Gasteiger partial charge in [-0.2, -0.15) is 13.2 Å². The van der Waals surface area contributed by atoms with Crippen LogP contribution in [0.1, 0.15) is 18.1 Å². The van der Waals surface area contributed by atoms with Crippen LogP contribution >= 0.6 is 0 Å². The Morgan fingerprint density at radius 1 is 1.04 bits per heavy atom. The van der Waals surface area contributed by atoms with E-state index >= 15 is 0 Å². The Morgan fingerprint density at radius 2 is 1.70 bits per heavy atom. The quantitative estimate of drug-likeness (QED) is 0.909. The summed E-state index contributed by atoms with van der Waals surface area (Å²) in [4.78, 5) is 0.104. The van der Waals surface area contributed by atoms with Crippen molar-refractivity contribution in [2.24, 2.45) is 0 Å². The molecule has 124 valence electrons. The van der Waals surface area contributed by atoms with Crippen LogP contribution in [0.3, 0.4) is 0 Å². The molecule has 2 aromatic carbocycles. The average Bonchev–Trinajstić information content (AvgIpc) is 2.46. The molecule has 7 heteroatoms. The van der Waals surface area contributed by atoms with E-state index in [4.69, 9.17) is 0 Å². The fourth-order valence-electron chi connectivity index (χ4n) is 2.23. The van der Waals surface area contributed by atoms with Gasteiger partial charge >= 0.3 is 6.18 Å². The minimum atomic E-state index is -4.53. The first-order valence-electron chi connectivity index (χ1n) is 6.80. The molecule has 0 fully saturated rings. The van der Waals surface area contributed by atoms with Crippen LogP contribution in [0.2, 0.25) is 0 Å². The lowest BCUT2D eigenvalue weighted by atomic mass is 9.98. The van der Waals surface area contributed by atoms with Crippen molar-refractivity contribution in [1.82, 2.24) is 0 Å². The summed E-state index contributed by atoms with van der Waals surface area (Å²) in [5, 5.41) is 9.87. The van der Waals surface area contributed by atoms with Crippen molar-refractivity contribution in [3.05, 3.63) is 47.5 Å². The van der Waals surface area contributed by atoms with E-state index < -0.39 is 21.6 Å². The summed E-state index contributed by atoms with van der Waals surface area (Å²) in [6, 6.07) is 6.77. The van der Waals surface area contributed by atoms with E-state index in [-0.39, 0.29) is 22.0 Å². The van der Waals surface area contributed by atoms with Gasteiger partial charge in [-0.25, -0.2) is 8.42 Å². The second-order valence-corrected chi connectivity index (χ2v) is 7.39. The molecule has 0 aliphatic heterocycles. The Balaban J connectivity index is 2.60. The highest BCUT2D eigenvalue weighted by Crippen LogP contribution is 2.38. The Hall–Kier alpha value is -2.02. The van der Waals surface area contributed by atoms with E-state index in [1.54, 1.807) is 6.92 Å². The van der Waals surface area contributed by atoms with Crippen molar-refractivity contribution in [3.63, 3.8) is 0 Å². The van der Waals surface area contributed by atoms with Gasteiger partial charge in [0, 0.05) is 5.56 Å². The van der Waals surface area contributed by atoms with Gasteiger partial charge in [0.1, 0.15) is 5.75 Å². The van der Waals surface area contributed by atoms with E-state index in [0.717, 1.165) is 18.2 Å². The summed E-state index contributed by atoms with van der Waals surface area (Å²) in [7, 11) is -3.40. The van der Waals surface area contributed by atoms with Gasteiger partial charge in [0.2, 0.25) is 0 Å². The highest BCUT2D eigenvalue weighted by atomic mass is 32.2. The van der Waals surface area contributed by atoms with E-state index in [1.165, 1.54) is 25.1 Å². The number of benzene rings is 2. The summed E-state index contributed by atoms with van der Waals surface area (Å²) in [6.45, 7) is 3.10. The lowest BCUT2D eigenvalue weighted by Gasteiger charge is -2.13. The van der Waals surface area contributed by atoms with Crippen LogP contribution in [0.5, 0.6) is 5.75 Å². The van der Waals surface area contributed by atoms with Gasteiger partial charge in [0.05, 0.1) is 16.2 Å². The fourth-order valence-corrected chi connectivity index (χ4v) is 3.19. The molecule has 2 rings (SSSR count). The van der Waals surface area contributed by atoms with Crippen LogP contribution in [0, 0.1) is 6.92 Å². The normalized spacial score (nSPS) is 12.4. The number of alkyl halides is 3. The highest BCUT2D eigenvalue weighted by molar-refractivity contribution is 7.91. The second-order valence-electron chi connectivity index (χ2n) is 5.11. The molecule has 0 bridgehead atoms. The standard InChI is InChI=1S/C16H15F3O3S/c1-3-23(21,22)12-5-6-13(10(2)8-12)14-9-11(16(17,18)19)4-7-15(14)20/h4-9,20H,3H2,1-2H3. The Labute approximate surface area is 132 Å². The summed E-state index contributed by atoms with van der Waals surface area (Å²) in [5.41, 5.74) is -0.0504. The maximum absolute atomic E-state index is 12.8. The van der Waals surface area contributed by atoms with Crippen molar-refractivity contribution in [2.45, 2.75) is 24.9 Å². The van der Waals surface area contributed by atoms with Crippen molar-refractivity contribution < 1.29 is 26.7 Å². The van der Waals surface area contributed by atoms with Gasteiger partial charge in [0.15, 0.2) is 9.84 Å². The zero-order chi connectivity index (χ0) is 17.4. The third-order valence-corrected chi connectivity index (χ3v) is 5.28. The molecule has 0 unspecified atom stereocenters. The number of aryl methyl sites for hydroxylation is 1. The Kier molecular flexibility index (Phi) is 4.43. The molecule has 0 atom stereocenters. The summed E-state index contributed by atoms with van der Waals surface area (Å²) >= 11 is 0. The van der Waals surface area contributed by atoms with E-state index in [1.807, 2.05) is 0 Å². The van der Waals surface area contributed by atoms with E-state index in [2.05, 4.69) is 0 Å². The lowest BCUT2D eigenvalue weighted by molar-refractivity contribution is -0.137. The molecule has 2 aromatic rings. The van der Waals surface area contributed by atoms with Crippen molar-refractivity contribution in [2.75, 3.05) is 5.75 Å².